The number of hydrogen-bond acceptors (Lipinski definition) is 3. The van der Waals surface area contributed by atoms with Gasteiger partial charge in [0, 0.05) is 5.69 Å². The molecule has 0 saturated carbocycles. The lowest BCUT2D eigenvalue weighted by atomic mass is 10.1. The molecule has 0 spiro atoms. The van der Waals surface area contributed by atoms with Gasteiger partial charge in [0.1, 0.15) is 5.75 Å². The Bertz CT molecular complexity index is 656. The Balaban J connectivity index is 2.28. The number of nitrogens with one attached hydrogen (secondary N) is 1. The van der Waals surface area contributed by atoms with Gasteiger partial charge in [-0.2, -0.15) is 0 Å². The summed E-state index contributed by atoms with van der Waals surface area (Å²) in [6, 6.07) is 10.3. The third-order valence-electron chi connectivity index (χ3n) is 2.84. The molecule has 2 rings (SSSR count). The summed E-state index contributed by atoms with van der Waals surface area (Å²) in [6.07, 6.45) is 0. The van der Waals surface area contributed by atoms with Gasteiger partial charge in [-0.3, -0.25) is 4.79 Å². The smallest absolute Gasteiger partial charge is 0.257 e. The van der Waals surface area contributed by atoms with E-state index in [0.717, 1.165) is 5.56 Å². The van der Waals surface area contributed by atoms with Crippen molar-refractivity contribution in [3.05, 3.63) is 52.5 Å². The Labute approximate surface area is 122 Å². The number of methoxy groups -OCH3 is 1. The van der Waals surface area contributed by atoms with Crippen LogP contribution in [0.1, 0.15) is 15.9 Å². The first-order chi connectivity index (χ1) is 9.51. The largest absolute Gasteiger partial charge is 0.495 e. The summed E-state index contributed by atoms with van der Waals surface area (Å²) >= 11 is 6.02. The van der Waals surface area contributed by atoms with Gasteiger partial charge in [0.25, 0.3) is 5.91 Å². The van der Waals surface area contributed by atoms with Crippen molar-refractivity contribution in [3.63, 3.8) is 0 Å². The normalized spacial score (nSPS) is 10.2. The number of hydrogen-bond donors (Lipinski definition) is 2. The molecule has 0 heterocycles. The monoisotopic (exact) mass is 290 g/mol. The number of nitrogen functional groups attached to an aromatic ring is 1. The van der Waals surface area contributed by atoms with Crippen LogP contribution in [0.2, 0.25) is 5.02 Å². The van der Waals surface area contributed by atoms with Crippen LogP contribution in [0.25, 0.3) is 0 Å². The topological polar surface area (TPSA) is 64.3 Å². The maximum atomic E-state index is 12.2. The minimum atomic E-state index is -0.308. The second-order valence-electron chi connectivity index (χ2n) is 4.40. The molecule has 0 fully saturated rings. The number of halogens is 1. The summed E-state index contributed by atoms with van der Waals surface area (Å²) in [5.74, 6) is 0.294. The molecule has 104 valence electrons. The van der Waals surface area contributed by atoms with Gasteiger partial charge in [0.15, 0.2) is 0 Å². The number of rotatable bonds is 3. The van der Waals surface area contributed by atoms with Gasteiger partial charge in [-0.1, -0.05) is 17.7 Å². The van der Waals surface area contributed by atoms with Crippen LogP contribution in [0, 0.1) is 6.92 Å². The molecular formula is C15H15ClN2O2. The van der Waals surface area contributed by atoms with Crippen LogP contribution < -0.4 is 15.8 Å². The zero-order valence-corrected chi connectivity index (χ0v) is 12.0. The summed E-state index contributed by atoms with van der Waals surface area (Å²) in [4.78, 5) is 12.2. The molecule has 0 bridgehead atoms. The van der Waals surface area contributed by atoms with Gasteiger partial charge in [-0.15, -0.1) is 0 Å². The molecule has 0 radical (unpaired) electrons. The number of anilines is 2. The zero-order valence-electron chi connectivity index (χ0n) is 11.2. The lowest BCUT2D eigenvalue weighted by Gasteiger charge is -2.11. The molecule has 1 amide bonds. The van der Waals surface area contributed by atoms with Crippen LogP contribution in [-0.2, 0) is 0 Å². The number of ether oxygens (including phenoxy) is 1. The fourth-order valence-electron chi connectivity index (χ4n) is 1.81. The van der Waals surface area contributed by atoms with E-state index in [1.165, 1.54) is 0 Å². The van der Waals surface area contributed by atoms with Crippen LogP contribution in [0.15, 0.2) is 36.4 Å². The third kappa shape index (κ3) is 3.03. The molecule has 2 aromatic rings. The highest BCUT2D eigenvalue weighted by Gasteiger charge is 2.13. The van der Waals surface area contributed by atoms with Gasteiger partial charge in [-0.25, -0.2) is 0 Å². The molecule has 5 heteroatoms. The average Bonchev–Trinajstić information content (AvgIpc) is 2.40. The average molecular weight is 291 g/mol. The van der Waals surface area contributed by atoms with Crippen molar-refractivity contribution in [3.8, 4) is 5.75 Å². The van der Waals surface area contributed by atoms with E-state index in [4.69, 9.17) is 22.1 Å². The van der Waals surface area contributed by atoms with E-state index < -0.39 is 0 Å². The molecule has 0 saturated heterocycles. The lowest BCUT2D eigenvalue weighted by Crippen LogP contribution is -2.13. The maximum Gasteiger partial charge on any atom is 0.257 e. The van der Waals surface area contributed by atoms with Crippen LogP contribution in [0.3, 0.4) is 0 Å². The summed E-state index contributed by atoms with van der Waals surface area (Å²) in [7, 11) is 1.56. The Morgan fingerprint density at radius 3 is 2.65 bits per heavy atom. The predicted octanol–water partition coefficient (Wildman–Crippen LogP) is 3.49. The van der Waals surface area contributed by atoms with Gasteiger partial charge in [-0.05, 0) is 42.8 Å². The predicted molar refractivity (Wildman–Crippen MR) is 81.5 cm³/mol. The molecule has 4 nitrogen and oxygen atoms in total. The zero-order chi connectivity index (χ0) is 14.7. The molecule has 2 aromatic carbocycles. The van der Waals surface area contributed by atoms with Gasteiger partial charge < -0.3 is 15.8 Å². The Kier molecular flexibility index (Phi) is 4.15. The first kappa shape index (κ1) is 14.2. The number of nitrogens with two attached hydrogens (primary N) is 1. The van der Waals surface area contributed by atoms with Gasteiger partial charge >= 0.3 is 0 Å². The summed E-state index contributed by atoms with van der Waals surface area (Å²) < 4.78 is 5.24. The standard InChI is InChI=1S/C15H15ClN2O2/c1-9-3-6-13(14(7-9)20-2)18-15(19)11-5-4-10(17)8-12(11)16/h3-8H,17H2,1-2H3,(H,18,19). The van der Waals surface area contributed by atoms with E-state index in [2.05, 4.69) is 5.32 Å². The van der Waals surface area contributed by atoms with Crippen molar-refractivity contribution >= 4 is 28.9 Å². The SMILES string of the molecule is COc1cc(C)ccc1NC(=O)c1ccc(N)cc1Cl. The fourth-order valence-corrected chi connectivity index (χ4v) is 2.08. The van der Waals surface area contributed by atoms with Crippen molar-refractivity contribution in [2.45, 2.75) is 6.92 Å². The van der Waals surface area contributed by atoms with Crippen LogP contribution >= 0.6 is 11.6 Å². The molecular weight excluding hydrogens is 276 g/mol. The second-order valence-corrected chi connectivity index (χ2v) is 4.80. The molecule has 0 aliphatic heterocycles. The van der Waals surface area contributed by atoms with Crippen molar-refractivity contribution in [2.24, 2.45) is 0 Å². The number of benzene rings is 2. The minimum Gasteiger partial charge on any atom is -0.495 e. The number of amides is 1. The maximum absolute atomic E-state index is 12.2. The van der Waals surface area contributed by atoms with E-state index in [1.54, 1.807) is 31.4 Å². The first-order valence-corrected chi connectivity index (χ1v) is 6.40. The molecule has 0 atom stereocenters. The van der Waals surface area contributed by atoms with Crippen LogP contribution in [0.5, 0.6) is 5.75 Å². The Hall–Kier alpha value is -2.20. The number of aryl methyl sites for hydroxylation is 1. The Morgan fingerprint density at radius 2 is 2.00 bits per heavy atom. The molecule has 0 aliphatic carbocycles. The highest BCUT2D eigenvalue weighted by Crippen LogP contribution is 2.27. The van der Waals surface area contributed by atoms with Crippen LogP contribution in [0.4, 0.5) is 11.4 Å². The fraction of sp³-hybridized carbons (Fsp3) is 0.133. The minimum absolute atomic E-state index is 0.308. The lowest BCUT2D eigenvalue weighted by molar-refractivity contribution is 0.102. The quantitative estimate of drug-likeness (QED) is 0.851. The van der Waals surface area contributed by atoms with Crippen molar-refractivity contribution in [2.75, 3.05) is 18.2 Å². The third-order valence-corrected chi connectivity index (χ3v) is 3.16. The van der Waals surface area contributed by atoms with Crippen molar-refractivity contribution < 1.29 is 9.53 Å². The molecule has 0 aromatic heterocycles. The summed E-state index contributed by atoms with van der Waals surface area (Å²) in [5.41, 5.74) is 8.12. The molecule has 0 aliphatic rings. The molecule has 0 unspecified atom stereocenters. The van der Waals surface area contributed by atoms with E-state index >= 15 is 0 Å². The highest BCUT2D eigenvalue weighted by molar-refractivity contribution is 6.34. The van der Waals surface area contributed by atoms with Crippen molar-refractivity contribution in [1.29, 1.82) is 0 Å². The first-order valence-electron chi connectivity index (χ1n) is 6.02. The van der Waals surface area contributed by atoms with E-state index in [-0.39, 0.29) is 5.91 Å². The highest BCUT2D eigenvalue weighted by atomic mass is 35.5. The van der Waals surface area contributed by atoms with Gasteiger partial charge in [0.05, 0.1) is 23.4 Å². The molecule has 20 heavy (non-hydrogen) atoms. The van der Waals surface area contributed by atoms with E-state index in [1.807, 2.05) is 19.1 Å². The van der Waals surface area contributed by atoms with Crippen molar-refractivity contribution in [1.82, 2.24) is 0 Å². The van der Waals surface area contributed by atoms with E-state index in [9.17, 15) is 4.79 Å². The number of carbonyl (C=O) groups excluding carboxylic acids is 1. The molecule has 3 N–H and O–H groups in total. The number of carbonyl (C=O) groups is 1. The van der Waals surface area contributed by atoms with Gasteiger partial charge in [0.2, 0.25) is 0 Å². The second kappa shape index (κ2) is 5.84. The summed E-state index contributed by atoms with van der Waals surface area (Å²) in [6.45, 7) is 1.95. The van der Waals surface area contributed by atoms with E-state index in [0.29, 0.717) is 27.7 Å². The van der Waals surface area contributed by atoms with Crippen LogP contribution in [-0.4, -0.2) is 13.0 Å². The Morgan fingerprint density at radius 1 is 1.25 bits per heavy atom. The summed E-state index contributed by atoms with van der Waals surface area (Å²) in [5, 5.41) is 3.09.